The first-order valence-corrected chi connectivity index (χ1v) is 8.00. The minimum Gasteiger partial charge on any atom is -0.481 e. The van der Waals surface area contributed by atoms with Crippen molar-refractivity contribution in [2.75, 3.05) is 6.54 Å². The molecular weight excluding hydrogens is 278 g/mol. The molecule has 0 aliphatic rings. The fraction of sp³-hybridized carbons (Fsp3) is 0.500. The zero-order valence-corrected chi connectivity index (χ0v) is 12.9. The first kappa shape index (κ1) is 16.7. The number of sulfonamides is 1. The van der Waals surface area contributed by atoms with Gasteiger partial charge in [0.05, 0.1) is 4.90 Å². The third kappa shape index (κ3) is 4.05. The molecule has 1 aromatic carbocycles. The van der Waals surface area contributed by atoms with E-state index in [0.717, 1.165) is 0 Å². The first-order chi connectivity index (χ1) is 9.26. The largest absolute Gasteiger partial charge is 0.481 e. The van der Waals surface area contributed by atoms with E-state index in [1.165, 1.54) is 4.31 Å². The fourth-order valence-corrected chi connectivity index (χ4v) is 3.92. The van der Waals surface area contributed by atoms with Gasteiger partial charge in [0.25, 0.3) is 0 Å². The maximum absolute atomic E-state index is 12.6. The highest BCUT2D eigenvalue weighted by Crippen LogP contribution is 2.21. The molecule has 0 aliphatic carbocycles. The normalized spacial score (nSPS) is 12.1. The van der Waals surface area contributed by atoms with E-state index >= 15 is 0 Å². The highest BCUT2D eigenvalue weighted by molar-refractivity contribution is 7.89. The molecule has 0 atom stereocenters. The Labute approximate surface area is 120 Å². The van der Waals surface area contributed by atoms with Gasteiger partial charge in [0.1, 0.15) is 0 Å². The Morgan fingerprint density at radius 2 is 1.90 bits per heavy atom. The Balaban J connectivity index is 3.01. The molecule has 0 saturated carbocycles. The Bertz CT molecular complexity index is 566. The fourth-order valence-electron chi connectivity index (χ4n) is 2.01. The van der Waals surface area contributed by atoms with Crippen LogP contribution in [0.25, 0.3) is 0 Å². The summed E-state index contributed by atoms with van der Waals surface area (Å²) < 4.78 is 26.7. The topological polar surface area (TPSA) is 74.7 Å². The zero-order valence-electron chi connectivity index (χ0n) is 12.0. The minimum atomic E-state index is -3.59. The second-order valence-electron chi connectivity index (χ2n) is 4.97. The Hall–Kier alpha value is -1.40. The Morgan fingerprint density at radius 3 is 2.40 bits per heavy atom. The number of carboxylic acids is 1. The molecule has 0 unspecified atom stereocenters. The highest BCUT2D eigenvalue weighted by atomic mass is 32.2. The second-order valence-corrected chi connectivity index (χ2v) is 6.83. The summed E-state index contributed by atoms with van der Waals surface area (Å²) in [6, 6.07) is 6.60. The maximum atomic E-state index is 12.6. The number of aryl methyl sites for hydroxylation is 1. The van der Waals surface area contributed by atoms with Gasteiger partial charge in [0.15, 0.2) is 0 Å². The van der Waals surface area contributed by atoms with E-state index in [0.29, 0.717) is 12.0 Å². The third-order valence-electron chi connectivity index (χ3n) is 3.03. The van der Waals surface area contributed by atoms with Gasteiger partial charge in [0, 0.05) is 19.0 Å². The van der Waals surface area contributed by atoms with Crippen LogP contribution in [0.3, 0.4) is 0 Å². The van der Waals surface area contributed by atoms with Crippen molar-refractivity contribution in [1.29, 1.82) is 0 Å². The van der Waals surface area contributed by atoms with Gasteiger partial charge in [-0.15, -0.1) is 0 Å². The van der Waals surface area contributed by atoms with Crippen molar-refractivity contribution in [1.82, 2.24) is 4.31 Å². The van der Waals surface area contributed by atoms with Gasteiger partial charge in [-0.3, -0.25) is 4.79 Å². The minimum absolute atomic E-state index is 0.0352. The monoisotopic (exact) mass is 299 g/mol. The van der Waals surface area contributed by atoms with E-state index in [1.807, 2.05) is 0 Å². The van der Waals surface area contributed by atoms with Crippen LogP contribution in [0.4, 0.5) is 0 Å². The van der Waals surface area contributed by atoms with Gasteiger partial charge in [-0.1, -0.05) is 18.2 Å². The summed E-state index contributed by atoms with van der Waals surface area (Å²) in [6.45, 7) is 5.54. The lowest BCUT2D eigenvalue weighted by atomic mass is 10.2. The molecular formula is C14H21NO4S. The summed E-state index contributed by atoms with van der Waals surface area (Å²) in [5, 5.41) is 8.66. The summed E-state index contributed by atoms with van der Waals surface area (Å²) in [5.41, 5.74) is 0.691. The number of carboxylic acid groups (broad SMARTS) is 1. The lowest BCUT2D eigenvalue weighted by Crippen LogP contribution is -2.38. The first-order valence-electron chi connectivity index (χ1n) is 6.56. The number of carbonyl (C=O) groups is 1. The molecule has 0 amide bonds. The number of nitrogens with zero attached hydrogens (tertiary/aromatic N) is 1. The molecule has 0 spiro atoms. The van der Waals surface area contributed by atoms with Crippen LogP contribution in [0.2, 0.25) is 0 Å². The average Bonchev–Trinajstić information content (AvgIpc) is 2.33. The summed E-state index contributed by atoms with van der Waals surface area (Å²) in [4.78, 5) is 10.8. The zero-order chi connectivity index (χ0) is 15.3. The lowest BCUT2D eigenvalue weighted by molar-refractivity contribution is -0.137. The van der Waals surface area contributed by atoms with Crippen LogP contribution in [0.5, 0.6) is 0 Å². The average molecular weight is 299 g/mol. The number of hydrogen-bond acceptors (Lipinski definition) is 3. The predicted octanol–water partition coefficient (Wildman–Crippen LogP) is 2.26. The standard InChI is InChI=1S/C14H21NO4S/c1-11(2)15(10-6-9-14(16)17)20(18,19)13-8-5-4-7-12(13)3/h4-5,7-8,11H,6,9-10H2,1-3H3,(H,16,17). The second kappa shape index (κ2) is 6.85. The third-order valence-corrected chi connectivity index (χ3v) is 5.26. The highest BCUT2D eigenvalue weighted by Gasteiger charge is 2.27. The molecule has 1 N–H and O–H groups in total. The molecule has 0 saturated heterocycles. The maximum Gasteiger partial charge on any atom is 0.303 e. The molecule has 1 aromatic rings. The van der Waals surface area contributed by atoms with Gasteiger partial charge >= 0.3 is 5.97 Å². The van der Waals surface area contributed by atoms with Crippen LogP contribution in [-0.2, 0) is 14.8 Å². The molecule has 1 rings (SSSR count). The molecule has 0 fully saturated rings. The van der Waals surface area contributed by atoms with Crippen molar-refractivity contribution in [3.05, 3.63) is 29.8 Å². The van der Waals surface area contributed by atoms with Gasteiger partial charge in [-0.05, 0) is 38.8 Å². The summed E-state index contributed by atoms with van der Waals surface area (Å²) >= 11 is 0. The van der Waals surface area contributed by atoms with Crippen molar-refractivity contribution in [3.8, 4) is 0 Å². The van der Waals surface area contributed by atoms with E-state index in [2.05, 4.69) is 0 Å². The van der Waals surface area contributed by atoms with Gasteiger partial charge in [-0.25, -0.2) is 8.42 Å². The molecule has 6 heteroatoms. The van der Waals surface area contributed by atoms with Gasteiger partial charge in [0.2, 0.25) is 10.0 Å². The van der Waals surface area contributed by atoms with Crippen LogP contribution in [-0.4, -0.2) is 36.4 Å². The predicted molar refractivity (Wildman–Crippen MR) is 77.1 cm³/mol. The van der Waals surface area contributed by atoms with E-state index < -0.39 is 16.0 Å². The Morgan fingerprint density at radius 1 is 1.30 bits per heavy atom. The van der Waals surface area contributed by atoms with Crippen LogP contribution in [0.1, 0.15) is 32.3 Å². The van der Waals surface area contributed by atoms with Gasteiger partial charge < -0.3 is 5.11 Å². The van der Waals surface area contributed by atoms with E-state index in [9.17, 15) is 13.2 Å². The summed E-state index contributed by atoms with van der Waals surface area (Å²) in [6.07, 6.45) is 0.269. The van der Waals surface area contributed by atoms with Crippen molar-refractivity contribution >= 4 is 16.0 Å². The van der Waals surface area contributed by atoms with Crippen LogP contribution >= 0.6 is 0 Å². The molecule has 20 heavy (non-hydrogen) atoms. The molecule has 112 valence electrons. The number of aliphatic carboxylic acids is 1. The quantitative estimate of drug-likeness (QED) is 0.838. The molecule has 0 radical (unpaired) electrons. The molecule has 0 bridgehead atoms. The molecule has 0 heterocycles. The smallest absolute Gasteiger partial charge is 0.303 e. The van der Waals surface area contributed by atoms with E-state index in [1.54, 1.807) is 45.0 Å². The van der Waals surface area contributed by atoms with Gasteiger partial charge in [-0.2, -0.15) is 4.31 Å². The number of benzene rings is 1. The van der Waals surface area contributed by atoms with E-state index in [4.69, 9.17) is 5.11 Å². The van der Waals surface area contributed by atoms with Crippen LogP contribution < -0.4 is 0 Å². The number of hydrogen-bond donors (Lipinski definition) is 1. The lowest BCUT2D eigenvalue weighted by Gasteiger charge is -2.26. The van der Waals surface area contributed by atoms with Crippen LogP contribution in [0, 0.1) is 6.92 Å². The summed E-state index contributed by atoms with van der Waals surface area (Å²) in [5.74, 6) is -0.915. The van der Waals surface area contributed by atoms with Crippen molar-refractivity contribution in [3.63, 3.8) is 0 Å². The van der Waals surface area contributed by atoms with Crippen molar-refractivity contribution in [2.45, 2.75) is 44.6 Å². The van der Waals surface area contributed by atoms with E-state index in [-0.39, 0.29) is 23.9 Å². The van der Waals surface area contributed by atoms with Crippen molar-refractivity contribution in [2.24, 2.45) is 0 Å². The molecule has 5 nitrogen and oxygen atoms in total. The SMILES string of the molecule is Cc1ccccc1S(=O)(=O)N(CCCC(=O)O)C(C)C. The summed E-state index contributed by atoms with van der Waals surface area (Å²) in [7, 11) is -3.59. The number of rotatable bonds is 7. The Kier molecular flexibility index (Phi) is 5.71. The van der Waals surface area contributed by atoms with Crippen LogP contribution in [0.15, 0.2) is 29.2 Å². The van der Waals surface area contributed by atoms with Crippen molar-refractivity contribution < 1.29 is 18.3 Å². The molecule has 0 aromatic heterocycles. The molecule has 0 aliphatic heterocycles.